The van der Waals surface area contributed by atoms with Crippen LogP contribution in [-0.4, -0.2) is 32.3 Å². The maximum atomic E-state index is 12.4. The van der Waals surface area contributed by atoms with Crippen LogP contribution in [0.1, 0.15) is 29.8 Å². The van der Waals surface area contributed by atoms with E-state index in [1.165, 1.54) is 12.1 Å². The molecular weight excluding hydrogens is 298 g/mol. The molecule has 0 saturated carbocycles. The molecule has 1 amide bonds. The molecule has 1 aromatic rings. The molecule has 0 unspecified atom stereocenters. The third-order valence-electron chi connectivity index (χ3n) is 2.71. The van der Waals surface area contributed by atoms with Crippen molar-refractivity contribution in [1.29, 1.82) is 0 Å². The van der Waals surface area contributed by atoms with Gasteiger partial charge in [-0.05, 0) is 44.5 Å². The molecule has 0 aliphatic heterocycles. The predicted octanol–water partition coefficient (Wildman–Crippen LogP) is 2.96. The standard InChI is InChI=1S/C14H18ClNO3S/c1-5-16(9-10(2)3)14(17)12-6-11(4)7-13(8-12)20(15,18)19/h6-8H,2,5,9H2,1,3-4H3. The smallest absolute Gasteiger partial charge is 0.261 e. The summed E-state index contributed by atoms with van der Waals surface area (Å²) in [6.07, 6.45) is 0. The Balaban J connectivity index is 3.22. The van der Waals surface area contributed by atoms with Crippen molar-refractivity contribution in [3.8, 4) is 0 Å². The highest BCUT2D eigenvalue weighted by Crippen LogP contribution is 2.20. The summed E-state index contributed by atoms with van der Waals surface area (Å²) in [5, 5.41) is 0. The quantitative estimate of drug-likeness (QED) is 0.620. The number of amides is 1. The van der Waals surface area contributed by atoms with E-state index >= 15 is 0 Å². The molecule has 0 aliphatic carbocycles. The van der Waals surface area contributed by atoms with Gasteiger partial charge in [-0.1, -0.05) is 12.2 Å². The third kappa shape index (κ3) is 4.35. The van der Waals surface area contributed by atoms with Crippen LogP contribution >= 0.6 is 10.7 Å². The van der Waals surface area contributed by atoms with Gasteiger partial charge < -0.3 is 4.90 Å². The number of likely N-dealkylation sites (N-methyl/N-ethyl adjacent to an activating group) is 1. The van der Waals surface area contributed by atoms with Crippen LogP contribution in [0, 0.1) is 6.92 Å². The van der Waals surface area contributed by atoms with E-state index in [2.05, 4.69) is 6.58 Å². The molecule has 0 radical (unpaired) electrons. The molecule has 0 aromatic heterocycles. The van der Waals surface area contributed by atoms with Crippen LogP contribution in [0.15, 0.2) is 35.2 Å². The van der Waals surface area contributed by atoms with Crippen molar-refractivity contribution in [3.63, 3.8) is 0 Å². The van der Waals surface area contributed by atoms with Gasteiger partial charge in [0.2, 0.25) is 0 Å². The third-order valence-corrected chi connectivity index (χ3v) is 4.04. The van der Waals surface area contributed by atoms with E-state index in [1.807, 2.05) is 13.8 Å². The van der Waals surface area contributed by atoms with Gasteiger partial charge in [-0.25, -0.2) is 8.42 Å². The Morgan fingerprint density at radius 3 is 2.40 bits per heavy atom. The van der Waals surface area contributed by atoms with E-state index in [9.17, 15) is 13.2 Å². The van der Waals surface area contributed by atoms with Crippen LogP contribution in [0.4, 0.5) is 0 Å². The lowest BCUT2D eigenvalue weighted by Crippen LogP contribution is -2.32. The molecule has 6 heteroatoms. The van der Waals surface area contributed by atoms with Crippen LogP contribution in [-0.2, 0) is 9.05 Å². The van der Waals surface area contributed by atoms with Gasteiger partial charge in [0.25, 0.3) is 15.0 Å². The Morgan fingerprint density at radius 2 is 1.95 bits per heavy atom. The number of benzene rings is 1. The number of carbonyl (C=O) groups is 1. The van der Waals surface area contributed by atoms with E-state index in [-0.39, 0.29) is 10.8 Å². The molecule has 0 saturated heterocycles. The first-order valence-corrected chi connectivity index (χ1v) is 8.46. The minimum Gasteiger partial charge on any atom is -0.335 e. The normalized spacial score (nSPS) is 11.2. The van der Waals surface area contributed by atoms with E-state index in [0.29, 0.717) is 24.2 Å². The molecule has 0 atom stereocenters. The fraction of sp³-hybridized carbons (Fsp3) is 0.357. The number of hydrogen-bond acceptors (Lipinski definition) is 3. The average molecular weight is 316 g/mol. The summed E-state index contributed by atoms with van der Waals surface area (Å²) >= 11 is 0. The van der Waals surface area contributed by atoms with Crippen molar-refractivity contribution in [2.75, 3.05) is 13.1 Å². The number of halogens is 1. The van der Waals surface area contributed by atoms with Crippen LogP contribution in [0.2, 0.25) is 0 Å². The van der Waals surface area contributed by atoms with E-state index in [0.717, 1.165) is 5.57 Å². The highest BCUT2D eigenvalue weighted by molar-refractivity contribution is 8.13. The van der Waals surface area contributed by atoms with E-state index in [1.54, 1.807) is 17.9 Å². The zero-order valence-electron chi connectivity index (χ0n) is 11.8. The molecule has 110 valence electrons. The largest absolute Gasteiger partial charge is 0.335 e. The number of carbonyl (C=O) groups excluding carboxylic acids is 1. The van der Waals surface area contributed by atoms with Gasteiger partial charge in [-0.3, -0.25) is 4.79 Å². The molecule has 1 aromatic carbocycles. The van der Waals surface area contributed by atoms with Gasteiger partial charge in [0.05, 0.1) is 4.90 Å². The molecule has 1 rings (SSSR count). The van der Waals surface area contributed by atoms with E-state index in [4.69, 9.17) is 10.7 Å². The summed E-state index contributed by atoms with van der Waals surface area (Å²) in [5.74, 6) is -0.235. The lowest BCUT2D eigenvalue weighted by Gasteiger charge is -2.21. The molecule has 0 N–H and O–H groups in total. The molecular formula is C14H18ClNO3S. The topological polar surface area (TPSA) is 54.5 Å². The summed E-state index contributed by atoms with van der Waals surface area (Å²) < 4.78 is 22.8. The minimum atomic E-state index is -3.85. The van der Waals surface area contributed by atoms with Gasteiger partial charge in [0, 0.05) is 29.3 Å². The molecule has 0 aliphatic rings. The zero-order chi connectivity index (χ0) is 15.5. The van der Waals surface area contributed by atoms with Crippen molar-refractivity contribution in [2.45, 2.75) is 25.7 Å². The van der Waals surface area contributed by atoms with Gasteiger partial charge in [-0.15, -0.1) is 0 Å². The second-order valence-corrected chi connectivity index (χ2v) is 7.31. The Kier molecular flexibility index (Phi) is 5.36. The molecule has 20 heavy (non-hydrogen) atoms. The number of aryl methyl sites for hydroxylation is 1. The Bertz CT molecular complexity index is 638. The monoisotopic (exact) mass is 315 g/mol. The molecule has 0 fully saturated rings. The van der Waals surface area contributed by atoms with Crippen molar-refractivity contribution in [2.24, 2.45) is 0 Å². The second-order valence-electron chi connectivity index (χ2n) is 4.75. The second kappa shape index (κ2) is 6.41. The maximum Gasteiger partial charge on any atom is 0.261 e. The SMILES string of the molecule is C=C(C)CN(CC)C(=O)c1cc(C)cc(S(=O)(=O)Cl)c1. The Morgan fingerprint density at radius 1 is 1.35 bits per heavy atom. The Hall–Kier alpha value is -1.33. The van der Waals surface area contributed by atoms with Crippen LogP contribution in [0.5, 0.6) is 0 Å². The van der Waals surface area contributed by atoms with Crippen molar-refractivity contribution < 1.29 is 13.2 Å². The van der Waals surface area contributed by atoms with Crippen LogP contribution < -0.4 is 0 Å². The van der Waals surface area contributed by atoms with Crippen LogP contribution in [0.25, 0.3) is 0 Å². The average Bonchev–Trinajstić information content (AvgIpc) is 2.33. The van der Waals surface area contributed by atoms with Gasteiger partial charge in [0.1, 0.15) is 0 Å². The first-order valence-electron chi connectivity index (χ1n) is 6.15. The maximum absolute atomic E-state index is 12.4. The van der Waals surface area contributed by atoms with Crippen molar-refractivity contribution >= 4 is 25.6 Å². The van der Waals surface area contributed by atoms with Gasteiger partial charge >= 0.3 is 0 Å². The number of rotatable bonds is 5. The number of nitrogens with zero attached hydrogens (tertiary/aromatic N) is 1. The molecule has 4 nitrogen and oxygen atoms in total. The molecule has 0 spiro atoms. The van der Waals surface area contributed by atoms with Crippen molar-refractivity contribution in [1.82, 2.24) is 4.90 Å². The Labute approximate surface area is 124 Å². The summed E-state index contributed by atoms with van der Waals surface area (Å²) in [6.45, 7) is 10.1. The number of hydrogen-bond donors (Lipinski definition) is 0. The first kappa shape index (κ1) is 16.7. The summed E-state index contributed by atoms with van der Waals surface area (Å²) in [5.41, 5.74) is 1.84. The minimum absolute atomic E-state index is 0.0612. The van der Waals surface area contributed by atoms with Gasteiger partial charge in [-0.2, -0.15) is 0 Å². The highest BCUT2D eigenvalue weighted by atomic mass is 35.7. The lowest BCUT2D eigenvalue weighted by atomic mass is 10.1. The predicted molar refractivity (Wildman–Crippen MR) is 80.6 cm³/mol. The van der Waals surface area contributed by atoms with Gasteiger partial charge in [0.15, 0.2) is 0 Å². The first-order chi connectivity index (χ1) is 9.15. The zero-order valence-corrected chi connectivity index (χ0v) is 13.4. The fourth-order valence-electron chi connectivity index (χ4n) is 1.85. The van der Waals surface area contributed by atoms with Crippen LogP contribution in [0.3, 0.4) is 0 Å². The molecule has 0 bridgehead atoms. The van der Waals surface area contributed by atoms with Crippen molar-refractivity contribution in [3.05, 3.63) is 41.5 Å². The fourth-order valence-corrected chi connectivity index (χ4v) is 2.71. The summed E-state index contributed by atoms with van der Waals surface area (Å²) in [4.78, 5) is 13.9. The van der Waals surface area contributed by atoms with E-state index < -0.39 is 9.05 Å². The summed E-state index contributed by atoms with van der Waals surface area (Å²) in [7, 11) is 1.49. The molecule has 0 heterocycles. The highest BCUT2D eigenvalue weighted by Gasteiger charge is 2.18. The summed E-state index contributed by atoms with van der Waals surface area (Å²) in [6, 6.07) is 4.39. The lowest BCUT2D eigenvalue weighted by molar-refractivity contribution is 0.0778.